The number of nitrogens with zero attached hydrogens (tertiary/aromatic N) is 2. The van der Waals surface area contributed by atoms with Crippen molar-refractivity contribution >= 4 is 16.8 Å². The number of alkyl halides is 2. The molecule has 2 aromatic carbocycles. The lowest BCUT2D eigenvalue weighted by Crippen LogP contribution is -2.13. The van der Waals surface area contributed by atoms with Gasteiger partial charge < -0.3 is 9.64 Å². The molecule has 0 saturated heterocycles. The minimum absolute atomic E-state index is 0.0437. The molecule has 1 amide bonds. The largest absolute Gasteiger partial charge is 0.435 e. The Kier molecular flexibility index (Phi) is 8.37. The van der Waals surface area contributed by atoms with Crippen LogP contribution in [-0.2, 0) is 28.6 Å². The van der Waals surface area contributed by atoms with Gasteiger partial charge in [0.25, 0.3) is 5.91 Å². The molecule has 2 N–H and O–H groups in total. The molecule has 2 aromatic rings. The Hall–Kier alpha value is -2.16. The lowest BCUT2D eigenvalue weighted by molar-refractivity contribution is -0.117. The van der Waals surface area contributed by atoms with Crippen LogP contribution in [0.4, 0.5) is 8.78 Å². The zero-order chi connectivity index (χ0) is 24.3. The van der Waals surface area contributed by atoms with Gasteiger partial charge in [0.15, 0.2) is 0 Å². The summed E-state index contributed by atoms with van der Waals surface area (Å²) in [5, 5.41) is 6.24. The van der Waals surface area contributed by atoms with Gasteiger partial charge in [0.05, 0.1) is 6.42 Å². The predicted molar refractivity (Wildman–Crippen MR) is 128 cm³/mol. The molecule has 0 spiro atoms. The average Bonchev–Trinajstić information content (AvgIpc) is 3.44. The molecule has 3 atom stereocenters. The summed E-state index contributed by atoms with van der Waals surface area (Å²) in [5.74, 6) is 0.570. The molecule has 1 aliphatic carbocycles. The van der Waals surface area contributed by atoms with Gasteiger partial charge in [0.2, 0.25) is 0 Å². The summed E-state index contributed by atoms with van der Waals surface area (Å²) in [6.45, 7) is 4.01. The number of ether oxygens (including phenoxy) is 1. The number of carbonyl (C=O) groups is 1. The molecular weight excluding hydrogens is 444 g/mol. The van der Waals surface area contributed by atoms with Crippen molar-refractivity contribution in [1.82, 2.24) is 4.90 Å². The van der Waals surface area contributed by atoms with E-state index in [1.54, 1.807) is 12.1 Å². The first-order valence-electron chi connectivity index (χ1n) is 11.1. The molecule has 1 saturated carbocycles. The van der Waals surface area contributed by atoms with Crippen LogP contribution >= 0.6 is 0 Å². The second kappa shape index (κ2) is 10.8. The summed E-state index contributed by atoms with van der Waals surface area (Å²) in [5.41, 5.74) is 3.78. The first-order chi connectivity index (χ1) is 15.5. The third-order valence-corrected chi connectivity index (χ3v) is 7.00. The molecule has 1 fully saturated rings. The Morgan fingerprint density at radius 2 is 1.88 bits per heavy atom. The maximum atomic E-state index is 12.9. The standard InChI is InChI=1S/C25H33F2N3O2S/c1-15(2)20-11-18(32-25(26)27)12-22(21-10-16(21)3)23(20)13-24(31)29-33(28)19-8-6-17(7-9-19)14-30(4)5/h6-9,11-12,15-16,21,25H,10,13-14H2,1-5H3,(H2,28,29,31). The van der Waals surface area contributed by atoms with Gasteiger partial charge in [-0.1, -0.05) is 32.9 Å². The lowest BCUT2D eigenvalue weighted by atomic mass is 9.88. The van der Waals surface area contributed by atoms with Crippen LogP contribution in [-0.4, -0.2) is 31.5 Å². The lowest BCUT2D eigenvalue weighted by Gasteiger charge is -2.19. The highest BCUT2D eigenvalue weighted by molar-refractivity contribution is 7.85. The Labute approximate surface area is 197 Å². The van der Waals surface area contributed by atoms with Crippen molar-refractivity contribution in [2.24, 2.45) is 15.4 Å². The maximum absolute atomic E-state index is 12.9. The zero-order valence-corrected chi connectivity index (χ0v) is 20.7. The van der Waals surface area contributed by atoms with E-state index in [4.69, 9.17) is 9.88 Å². The average molecular weight is 478 g/mol. The van der Waals surface area contributed by atoms with Gasteiger partial charge in [-0.3, -0.25) is 9.93 Å². The number of halogens is 2. The van der Waals surface area contributed by atoms with Gasteiger partial charge in [0.1, 0.15) is 5.75 Å². The van der Waals surface area contributed by atoms with Crippen LogP contribution in [0.2, 0.25) is 0 Å². The van der Waals surface area contributed by atoms with Crippen LogP contribution in [0.5, 0.6) is 5.75 Å². The van der Waals surface area contributed by atoms with Crippen molar-refractivity contribution in [2.45, 2.75) is 63.5 Å². The monoisotopic (exact) mass is 477 g/mol. The van der Waals surface area contributed by atoms with Crippen molar-refractivity contribution in [2.75, 3.05) is 14.1 Å². The van der Waals surface area contributed by atoms with Gasteiger partial charge in [-0.2, -0.15) is 13.1 Å². The summed E-state index contributed by atoms with van der Waals surface area (Å²) in [6, 6.07) is 11.1. The van der Waals surface area contributed by atoms with Gasteiger partial charge in [-0.25, -0.2) is 0 Å². The number of benzene rings is 2. The second-order valence-electron chi connectivity index (χ2n) is 9.29. The summed E-state index contributed by atoms with van der Waals surface area (Å²) in [4.78, 5) is 15.8. The molecule has 8 heteroatoms. The van der Waals surface area contributed by atoms with Crippen molar-refractivity contribution in [3.63, 3.8) is 0 Å². The number of amides is 1. The Morgan fingerprint density at radius 3 is 2.39 bits per heavy atom. The molecule has 0 heterocycles. The van der Waals surface area contributed by atoms with Crippen LogP contribution in [0.1, 0.15) is 61.3 Å². The number of nitrogens with two attached hydrogens (primary N) is 1. The van der Waals surface area contributed by atoms with Crippen LogP contribution in [0.15, 0.2) is 45.7 Å². The molecule has 180 valence electrons. The zero-order valence-electron chi connectivity index (χ0n) is 19.8. The highest BCUT2D eigenvalue weighted by Crippen LogP contribution is 2.50. The van der Waals surface area contributed by atoms with Crippen LogP contribution in [0.3, 0.4) is 0 Å². The molecule has 5 nitrogen and oxygen atoms in total. The fourth-order valence-corrected chi connectivity index (χ4v) is 4.92. The van der Waals surface area contributed by atoms with E-state index < -0.39 is 17.5 Å². The summed E-state index contributed by atoms with van der Waals surface area (Å²) < 4.78 is 34.7. The summed E-state index contributed by atoms with van der Waals surface area (Å²) in [7, 11) is 2.95. The van der Waals surface area contributed by atoms with E-state index in [0.717, 1.165) is 40.1 Å². The SMILES string of the molecule is CC(C)c1cc(OC(F)F)cc(C2CC2C)c1CC(=O)/N=S(/N)c1ccc(CN(C)C)cc1. The molecule has 0 aliphatic heterocycles. The molecule has 33 heavy (non-hydrogen) atoms. The fourth-order valence-electron chi connectivity index (χ4n) is 4.11. The third-order valence-electron chi connectivity index (χ3n) is 5.84. The maximum Gasteiger partial charge on any atom is 0.387 e. The van der Waals surface area contributed by atoms with E-state index in [-0.39, 0.29) is 29.9 Å². The highest BCUT2D eigenvalue weighted by Gasteiger charge is 2.37. The van der Waals surface area contributed by atoms with Crippen molar-refractivity contribution in [3.8, 4) is 5.75 Å². The Bertz CT molecular complexity index is 1020. The minimum atomic E-state index is -2.89. The topological polar surface area (TPSA) is 67.9 Å². The molecular formula is C25H33F2N3O2S. The molecule has 1 aliphatic rings. The molecule has 0 aromatic heterocycles. The van der Waals surface area contributed by atoms with E-state index in [1.807, 2.05) is 52.2 Å². The van der Waals surface area contributed by atoms with E-state index in [1.165, 1.54) is 0 Å². The number of carbonyl (C=O) groups excluding carboxylic acids is 1. The van der Waals surface area contributed by atoms with E-state index in [9.17, 15) is 13.6 Å². The number of rotatable bonds is 9. The Balaban J connectivity index is 1.87. The van der Waals surface area contributed by atoms with Gasteiger partial charge in [-0.05, 0) is 84.8 Å². The van der Waals surface area contributed by atoms with Crippen LogP contribution < -0.4 is 9.88 Å². The Morgan fingerprint density at radius 1 is 1.24 bits per heavy atom. The summed E-state index contributed by atoms with van der Waals surface area (Å²) >= 11 is 0. The van der Waals surface area contributed by atoms with Crippen LogP contribution in [0, 0.1) is 5.92 Å². The minimum Gasteiger partial charge on any atom is -0.435 e. The first-order valence-corrected chi connectivity index (χ1v) is 12.4. The quantitative estimate of drug-likeness (QED) is 0.525. The summed E-state index contributed by atoms with van der Waals surface area (Å²) in [6.07, 6.45) is 1.06. The van der Waals surface area contributed by atoms with Crippen LogP contribution in [0.25, 0.3) is 0 Å². The molecule has 0 radical (unpaired) electrons. The molecule has 3 rings (SSSR count). The molecule has 0 bridgehead atoms. The highest BCUT2D eigenvalue weighted by atomic mass is 32.2. The first kappa shape index (κ1) is 25.5. The smallest absolute Gasteiger partial charge is 0.387 e. The van der Waals surface area contributed by atoms with E-state index in [2.05, 4.69) is 16.2 Å². The van der Waals surface area contributed by atoms with Crippen molar-refractivity contribution < 1.29 is 18.3 Å². The van der Waals surface area contributed by atoms with Gasteiger partial charge in [-0.15, -0.1) is 0 Å². The van der Waals surface area contributed by atoms with E-state index in [0.29, 0.717) is 5.92 Å². The second-order valence-corrected chi connectivity index (χ2v) is 10.6. The van der Waals surface area contributed by atoms with Crippen molar-refractivity contribution in [1.29, 1.82) is 0 Å². The number of hydrogen-bond acceptors (Lipinski definition) is 3. The number of hydrogen-bond donors (Lipinski definition) is 1. The fraction of sp³-hybridized carbons (Fsp3) is 0.480. The predicted octanol–water partition coefficient (Wildman–Crippen LogP) is 5.40. The normalized spacial score (nSPS) is 18.9. The van der Waals surface area contributed by atoms with Crippen molar-refractivity contribution in [3.05, 3.63) is 58.7 Å². The van der Waals surface area contributed by atoms with Gasteiger partial charge in [0, 0.05) is 22.3 Å². The third kappa shape index (κ3) is 6.91. The molecule has 3 unspecified atom stereocenters. The van der Waals surface area contributed by atoms with E-state index >= 15 is 0 Å². The van der Waals surface area contributed by atoms with Gasteiger partial charge >= 0.3 is 6.61 Å².